The van der Waals surface area contributed by atoms with Gasteiger partial charge in [0.1, 0.15) is 12.1 Å². The third-order valence-electron chi connectivity index (χ3n) is 3.04. The van der Waals surface area contributed by atoms with Crippen LogP contribution >= 0.6 is 0 Å². The standard InChI is InChI=1S/C15H15N3O/c1-19-13-6-4-5-12(9-13)10-17-18-11-16-14-7-2-3-8-15(14)18/h2-9,11,17H,10H2,1H3. The SMILES string of the molecule is COc1cccc(CNn2cnc3ccccc32)c1. The van der Waals surface area contributed by atoms with Gasteiger partial charge in [-0.1, -0.05) is 24.3 Å². The van der Waals surface area contributed by atoms with Crippen molar-refractivity contribution in [3.05, 3.63) is 60.4 Å². The van der Waals surface area contributed by atoms with Crippen molar-refractivity contribution in [1.29, 1.82) is 0 Å². The molecule has 0 saturated carbocycles. The van der Waals surface area contributed by atoms with Crippen LogP contribution in [-0.4, -0.2) is 16.8 Å². The predicted octanol–water partition coefficient (Wildman–Crippen LogP) is 2.79. The van der Waals surface area contributed by atoms with Crippen LogP contribution in [0.1, 0.15) is 5.56 Å². The molecule has 0 amide bonds. The molecule has 19 heavy (non-hydrogen) atoms. The topological polar surface area (TPSA) is 39.1 Å². The zero-order valence-corrected chi connectivity index (χ0v) is 10.7. The summed E-state index contributed by atoms with van der Waals surface area (Å²) in [4.78, 5) is 4.34. The van der Waals surface area contributed by atoms with Crippen molar-refractivity contribution in [2.75, 3.05) is 12.5 Å². The van der Waals surface area contributed by atoms with Crippen LogP contribution in [0.25, 0.3) is 11.0 Å². The minimum absolute atomic E-state index is 0.720. The monoisotopic (exact) mass is 253 g/mol. The lowest BCUT2D eigenvalue weighted by molar-refractivity contribution is 0.414. The molecule has 96 valence electrons. The number of ether oxygens (including phenoxy) is 1. The molecule has 3 aromatic rings. The molecule has 0 radical (unpaired) electrons. The summed E-state index contributed by atoms with van der Waals surface area (Å²) in [5.74, 6) is 0.870. The lowest BCUT2D eigenvalue weighted by Crippen LogP contribution is -2.12. The average molecular weight is 253 g/mol. The number of para-hydroxylation sites is 2. The van der Waals surface area contributed by atoms with Gasteiger partial charge in [0, 0.05) is 0 Å². The smallest absolute Gasteiger partial charge is 0.119 e. The molecular formula is C15H15N3O. The second-order valence-electron chi connectivity index (χ2n) is 4.29. The van der Waals surface area contributed by atoms with Crippen LogP contribution < -0.4 is 10.2 Å². The molecular weight excluding hydrogens is 238 g/mol. The second-order valence-corrected chi connectivity index (χ2v) is 4.29. The first-order valence-electron chi connectivity index (χ1n) is 6.16. The molecule has 2 aromatic carbocycles. The van der Waals surface area contributed by atoms with Gasteiger partial charge in [0.15, 0.2) is 0 Å². The number of hydrogen-bond donors (Lipinski definition) is 1. The van der Waals surface area contributed by atoms with Gasteiger partial charge in [-0.05, 0) is 29.8 Å². The van der Waals surface area contributed by atoms with Gasteiger partial charge in [0.2, 0.25) is 0 Å². The van der Waals surface area contributed by atoms with Crippen molar-refractivity contribution < 1.29 is 4.74 Å². The van der Waals surface area contributed by atoms with E-state index < -0.39 is 0 Å². The predicted molar refractivity (Wildman–Crippen MR) is 75.8 cm³/mol. The summed E-state index contributed by atoms with van der Waals surface area (Å²) < 4.78 is 7.15. The molecule has 0 unspecified atom stereocenters. The Kier molecular flexibility index (Phi) is 3.06. The molecule has 0 fully saturated rings. The van der Waals surface area contributed by atoms with E-state index in [2.05, 4.69) is 16.5 Å². The minimum atomic E-state index is 0.720. The number of aromatic nitrogens is 2. The first-order valence-corrected chi connectivity index (χ1v) is 6.16. The second kappa shape index (κ2) is 5.02. The Morgan fingerprint density at radius 3 is 2.95 bits per heavy atom. The fraction of sp³-hybridized carbons (Fsp3) is 0.133. The largest absolute Gasteiger partial charge is 0.497 e. The van der Waals surface area contributed by atoms with E-state index in [9.17, 15) is 0 Å². The van der Waals surface area contributed by atoms with Crippen molar-refractivity contribution >= 4 is 11.0 Å². The Bertz CT molecular complexity index is 690. The average Bonchev–Trinajstić information content (AvgIpc) is 2.89. The van der Waals surface area contributed by atoms with Crippen LogP contribution in [0.4, 0.5) is 0 Å². The lowest BCUT2D eigenvalue weighted by Gasteiger charge is -2.09. The Morgan fingerprint density at radius 2 is 2.05 bits per heavy atom. The van der Waals surface area contributed by atoms with E-state index in [0.29, 0.717) is 0 Å². The number of nitrogens with one attached hydrogen (secondary N) is 1. The van der Waals surface area contributed by atoms with Gasteiger partial charge in [-0.3, -0.25) is 0 Å². The summed E-state index contributed by atoms with van der Waals surface area (Å²) in [7, 11) is 1.68. The molecule has 1 heterocycles. The molecule has 3 rings (SSSR count). The van der Waals surface area contributed by atoms with Crippen molar-refractivity contribution in [2.45, 2.75) is 6.54 Å². The molecule has 1 N–H and O–H groups in total. The normalized spacial score (nSPS) is 10.6. The Balaban J connectivity index is 1.78. The van der Waals surface area contributed by atoms with Gasteiger partial charge < -0.3 is 10.2 Å². The van der Waals surface area contributed by atoms with Crippen LogP contribution in [-0.2, 0) is 6.54 Å². The highest BCUT2D eigenvalue weighted by Gasteiger charge is 2.01. The molecule has 4 nitrogen and oxygen atoms in total. The van der Waals surface area contributed by atoms with E-state index in [1.165, 1.54) is 0 Å². The molecule has 0 aliphatic carbocycles. The Hall–Kier alpha value is -2.49. The number of nitrogens with zero attached hydrogens (tertiary/aromatic N) is 2. The maximum atomic E-state index is 5.22. The quantitative estimate of drug-likeness (QED) is 0.777. The number of methoxy groups -OCH3 is 1. The maximum absolute atomic E-state index is 5.22. The number of imidazole rings is 1. The van der Waals surface area contributed by atoms with E-state index in [0.717, 1.165) is 28.9 Å². The van der Waals surface area contributed by atoms with Gasteiger partial charge in [-0.25, -0.2) is 9.66 Å². The summed E-state index contributed by atoms with van der Waals surface area (Å²) >= 11 is 0. The van der Waals surface area contributed by atoms with E-state index in [1.807, 2.05) is 47.1 Å². The van der Waals surface area contributed by atoms with Gasteiger partial charge in [0.25, 0.3) is 0 Å². The summed E-state index contributed by atoms with van der Waals surface area (Å²) in [6, 6.07) is 16.0. The van der Waals surface area contributed by atoms with Gasteiger partial charge in [-0.2, -0.15) is 0 Å². The number of benzene rings is 2. The minimum Gasteiger partial charge on any atom is -0.497 e. The molecule has 0 atom stereocenters. The Morgan fingerprint density at radius 1 is 1.16 bits per heavy atom. The maximum Gasteiger partial charge on any atom is 0.119 e. The fourth-order valence-corrected chi connectivity index (χ4v) is 2.04. The molecule has 0 saturated heterocycles. The molecule has 0 aliphatic rings. The van der Waals surface area contributed by atoms with Crippen molar-refractivity contribution in [2.24, 2.45) is 0 Å². The summed E-state index contributed by atoms with van der Waals surface area (Å²) in [6.45, 7) is 0.720. The molecule has 1 aromatic heterocycles. The summed E-state index contributed by atoms with van der Waals surface area (Å²) in [6.07, 6.45) is 1.80. The van der Waals surface area contributed by atoms with Crippen LogP contribution in [0.5, 0.6) is 5.75 Å². The summed E-state index contributed by atoms with van der Waals surface area (Å²) in [5, 5.41) is 0. The molecule has 4 heteroatoms. The number of fused-ring (bicyclic) bond motifs is 1. The summed E-state index contributed by atoms with van der Waals surface area (Å²) in [5.41, 5.74) is 6.56. The van der Waals surface area contributed by atoms with Crippen LogP contribution in [0, 0.1) is 0 Å². The molecule has 0 spiro atoms. The Labute approximate surface area is 111 Å². The molecule has 0 aliphatic heterocycles. The zero-order chi connectivity index (χ0) is 13.1. The van der Waals surface area contributed by atoms with Crippen molar-refractivity contribution in [3.8, 4) is 5.75 Å². The van der Waals surface area contributed by atoms with E-state index in [1.54, 1.807) is 13.4 Å². The highest BCUT2D eigenvalue weighted by atomic mass is 16.5. The van der Waals surface area contributed by atoms with Gasteiger partial charge in [-0.15, -0.1) is 0 Å². The highest BCUT2D eigenvalue weighted by molar-refractivity contribution is 5.75. The zero-order valence-electron chi connectivity index (χ0n) is 10.7. The lowest BCUT2D eigenvalue weighted by atomic mass is 10.2. The highest BCUT2D eigenvalue weighted by Crippen LogP contribution is 2.14. The van der Waals surface area contributed by atoms with Gasteiger partial charge >= 0.3 is 0 Å². The third kappa shape index (κ3) is 2.38. The van der Waals surface area contributed by atoms with Gasteiger partial charge in [0.05, 0.1) is 24.7 Å². The first kappa shape index (κ1) is 11.6. The number of hydrogen-bond acceptors (Lipinski definition) is 3. The van der Waals surface area contributed by atoms with E-state index in [4.69, 9.17) is 4.74 Å². The number of rotatable bonds is 4. The first-order chi connectivity index (χ1) is 9.36. The van der Waals surface area contributed by atoms with E-state index >= 15 is 0 Å². The van der Waals surface area contributed by atoms with Crippen LogP contribution in [0.3, 0.4) is 0 Å². The van der Waals surface area contributed by atoms with Crippen LogP contribution in [0.15, 0.2) is 54.9 Å². The fourth-order valence-electron chi connectivity index (χ4n) is 2.04. The molecule has 0 bridgehead atoms. The van der Waals surface area contributed by atoms with Crippen LogP contribution in [0.2, 0.25) is 0 Å². The van der Waals surface area contributed by atoms with Crippen molar-refractivity contribution in [1.82, 2.24) is 9.66 Å². The third-order valence-corrected chi connectivity index (χ3v) is 3.04. The van der Waals surface area contributed by atoms with Crippen molar-refractivity contribution in [3.63, 3.8) is 0 Å². The van der Waals surface area contributed by atoms with E-state index in [-0.39, 0.29) is 0 Å².